The number of rotatable bonds is 5. The van der Waals surface area contributed by atoms with Crippen LogP contribution in [0.5, 0.6) is 0 Å². The summed E-state index contributed by atoms with van der Waals surface area (Å²) in [7, 11) is 0. The third-order valence-corrected chi connectivity index (χ3v) is 5.29. The lowest BCUT2D eigenvalue weighted by Crippen LogP contribution is -2.45. The molecule has 3 unspecified atom stereocenters. The predicted octanol–water partition coefficient (Wildman–Crippen LogP) is 2.10. The molecule has 1 aromatic rings. The fourth-order valence-electron chi connectivity index (χ4n) is 4.10. The third-order valence-electron chi connectivity index (χ3n) is 5.29. The lowest BCUT2D eigenvalue weighted by Gasteiger charge is -2.38. The van der Waals surface area contributed by atoms with Crippen molar-refractivity contribution in [3.8, 4) is 0 Å². The molecule has 1 aromatic carbocycles. The minimum atomic E-state index is -0.433. The molecule has 0 spiro atoms. The van der Waals surface area contributed by atoms with Crippen LogP contribution in [0.4, 0.5) is 0 Å². The zero-order valence-electron chi connectivity index (χ0n) is 14.0. The molecule has 4 nitrogen and oxygen atoms in total. The fraction of sp³-hybridized carbons (Fsp3) is 0.632. The maximum Gasteiger partial charge on any atom is 0.222 e. The van der Waals surface area contributed by atoms with Crippen molar-refractivity contribution in [1.29, 1.82) is 0 Å². The quantitative estimate of drug-likeness (QED) is 0.905. The second kappa shape index (κ2) is 7.45. The minimum Gasteiger partial charge on any atom is -0.390 e. The lowest BCUT2D eigenvalue weighted by atomic mass is 9.81. The van der Waals surface area contributed by atoms with Crippen molar-refractivity contribution in [1.82, 2.24) is 9.80 Å². The zero-order valence-corrected chi connectivity index (χ0v) is 14.0. The summed E-state index contributed by atoms with van der Waals surface area (Å²) in [6, 6.07) is 10.8. The maximum atomic E-state index is 11.7. The summed E-state index contributed by atoms with van der Waals surface area (Å²) in [6.07, 6.45) is 2.29. The molecule has 1 amide bonds. The third kappa shape index (κ3) is 4.12. The number of carbonyl (C=O) groups excluding carboxylic acids is 1. The molecule has 2 aliphatic rings. The van der Waals surface area contributed by atoms with Crippen molar-refractivity contribution in [3.63, 3.8) is 0 Å². The summed E-state index contributed by atoms with van der Waals surface area (Å²) in [6.45, 7) is 6.32. The molecule has 0 bridgehead atoms. The van der Waals surface area contributed by atoms with Crippen molar-refractivity contribution in [2.45, 2.75) is 38.2 Å². The molecule has 3 rings (SSSR count). The van der Waals surface area contributed by atoms with Gasteiger partial charge in [-0.1, -0.05) is 37.3 Å². The number of amides is 1. The number of aliphatic hydroxyl groups is 1. The van der Waals surface area contributed by atoms with Crippen LogP contribution in [0.15, 0.2) is 30.3 Å². The van der Waals surface area contributed by atoms with Crippen molar-refractivity contribution in [2.75, 3.05) is 32.7 Å². The van der Waals surface area contributed by atoms with Gasteiger partial charge in [0.25, 0.3) is 0 Å². The second-order valence-corrected chi connectivity index (χ2v) is 7.14. The van der Waals surface area contributed by atoms with E-state index in [4.69, 9.17) is 0 Å². The fourth-order valence-corrected chi connectivity index (χ4v) is 4.10. The van der Waals surface area contributed by atoms with E-state index in [9.17, 15) is 9.90 Å². The highest BCUT2D eigenvalue weighted by Gasteiger charge is 2.29. The van der Waals surface area contributed by atoms with Crippen LogP contribution in [0.2, 0.25) is 0 Å². The van der Waals surface area contributed by atoms with Gasteiger partial charge in [0.15, 0.2) is 0 Å². The average Bonchev–Trinajstić information content (AvgIpc) is 2.93. The summed E-state index contributed by atoms with van der Waals surface area (Å²) >= 11 is 0. The first-order valence-electron chi connectivity index (χ1n) is 8.86. The predicted molar refractivity (Wildman–Crippen MR) is 91.2 cm³/mol. The van der Waals surface area contributed by atoms with E-state index in [1.807, 2.05) is 4.90 Å². The number of hydrogen-bond acceptors (Lipinski definition) is 3. The van der Waals surface area contributed by atoms with Gasteiger partial charge in [0, 0.05) is 32.6 Å². The summed E-state index contributed by atoms with van der Waals surface area (Å²) < 4.78 is 0. The van der Waals surface area contributed by atoms with Gasteiger partial charge in [0.2, 0.25) is 5.91 Å². The van der Waals surface area contributed by atoms with Crippen molar-refractivity contribution < 1.29 is 9.90 Å². The van der Waals surface area contributed by atoms with E-state index in [-0.39, 0.29) is 5.91 Å². The van der Waals surface area contributed by atoms with E-state index in [1.165, 1.54) is 5.56 Å². The van der Waals surface area contributed by atoms with Gasteiger partial charge in [0.1, 0.15) is 0 Å². The summed E-state index contributed by atoms with van der Waals surface area (Å²) in [5.41, 5.74) is 1.43. The van der Waals surface area contributed by atoms with Gasteiger partial charge in [-0.05, 0) is 36.8 Å². The van der Waals surface area contributed by atoms with Crippen LogP contribution in [-0.2, 0) is 4.79 Å². The topological polar surface area (TPSA) is 43.8 Å². The Hall–Kier alpha value is -1.39. The monoisotopic (exact) mass is 316 g/mol. The van der Waals surface area contributed by atoms with Gasteiger partial charge >= 0.3 is 0 Å². The van der Waals surface area contributed by atoms with E-state index in [0.29, 0.717) is 31.3 Å². The molecular formula is C19H28N2O2. The molecule has 23 heavy (non-hydrogen) atoms. The SMILES string of the molecule is CC1CN(CC(O)CN2CCCC2=O)CCC1c1ccccc1. The van der Waals surface area contributed by atoms with Crippen LogP contribution in [0, 0.1) is 5.92 Å². The maximum absolute atomic E-state index is 11.7. The number of likely N-dealkylation sites (tertiary alicyclic amines) is 2. The molecule has 2 heterocycles. The minimum absolute atomic E-state index is 0.195. The number of aliphatic hydroxyl groups excluding tert-OH is 1. The van der Waals surface area contributed by atoms with Crippen LogP contribution in [0.25, 0.3) is 0 Å². The Bertz CT molecular complexity index is 519. The Morgan fingerprint density at radius 3 is 2.65 bits per heavy atom. The number of β-amino-alcohol motifs (C(OH)–C–C–N with tert-alkyl or cyclic N) is 1. The molecule has 0 aromatic heterocycles. The van der Waals surface area contributed by atoms with Crippen LogP contribution in [0.1, 0.15) is 37.7 Å². The average molecular weight is 316 g/mol. The second-order valence-electron chi connectivity index (χ2n) is 7.14. The van der Waals surface area contributed by atoms with Gasteiger partial charge in [-0.3, -0.25) is 4.79 Å². The number of carbonyl (C=O) groups is 1. The number of nitrogens with zero attached hydrogens (tertiary/aromatic N) is 2. The van der Waals surface area contributed by atoms with Gasteiger partial charge in [-0.15, -0.1) is 0 Å². The Morgan fingerprint density at radius 2 is 2.00 bits per heavy atom. The van der Waals surface area contributed by atoms with E-state index in [2.05, 4.69) is 42.2 Å². The highest BCUT2D eigenvalue weighted by Crippen LogP contribution is 2.32. The molecule has 1 N–H and O–H groups in total. The van der Waals surface area contributed by atoms with E-state index in [1.54, 1.807) is 0 Å². The Balaban J connectivity index is 1.49. The van der Waals surface area contributed by atoms with Crippen LogP contribution < -0.4 is 0 Å². The molecule has 126 valence electrons. The smallest absolute Gasteiger partial charge is 0.222 e. The highest BCUT2D eigenvalue weighted by molar-refractivity contribution is 5.78. The van der Waals surface area contributed by atoms with Crippen molar-refractivity contribution in [3.05, 3.63) is 35.9 Å². The molecule has 2 fully saturated rings. The molecule has 4 heteroatoms. The highest BCUT2D eigenvalue weighted by atomic mass is 16.3. The molecular weight excluding hydrogens is 288 g/mol. The van der Waals surface area contributed by atoms with Gasteiger partial charge in [-0.25, -0.2) is 0 Å². The molecule has 0 saturated carbocycles. The molecule has 2 aliphatic heterocycles. The van der Waals surface area contributed by atoms with Crippen molar-refractivity contribution >= 4 is 5.91 Å². The largest absolute Gasteiger partial charge is 0.390 e. The number of benzene rings is 1. The number of piperidine rings is 1. The first-order valence-corrected chi connectivity index (χ1v) is 8.86. The summed E-state index contributed by atoms with van der Waals surface area (Å²) in [5.74, 6) is 1.40. The standard InChI is InChI=1S/C19H28N2O2/c1-15-12-20(11-9-18(15)16-6-3-2-4-7-16)13-17(22)14-21-10-5-8-19(21)23/h2-4,6-7,15,17-18,22H,5,8-14H2,1H3. The normalized spacial score (nSPS) is 27.4. The van der Waals surface area contributed by atoms with E-state index < -0.39 is 6.10 Å². The first kappa shape index (κ1) is 16.5. The van der Waals surface area contributed by atoms with Crippen LogP contribution in [-0.4, -0.2) is 59.6 Å². The van der Waals surface area contributed by atoms with Crippen molar-refractivity contribution in [2.24, 2.45) is 5.92 Å². The van der Waals surface area contributed by atoms with E-state index in [0.717, 1.165) is 32.5 Å². The molecule has 2 saturated heterocycles. The lowest BCUT2D eigenvalue weighted by molar-refractivity contribution is -0.129. The van der Waals surface area contributed by atoms with Gasteiger partial charge < -0.3 is 14.9 Å². The Kier molecular flexibility index (Phi) is 5.34. The molecule has 3 atom stereocenters. The molecule has 0 aliphatic carbocycles. The summed E-state index contributed by atoms with van der Waals surface area (Å²) in [5, 5.41) is 10.3. The van der Waals surface area contributed by atoms with Crippen LogP contribution >= 0.6 is 0 Å². The van der Waals surface area contributed by atoms with E-state index >= 15 is 0 Å². The summed E-state index contributed by atoms with van der Waals surface area (Å²) in [4.78, 5) is 15.8. The Labute approximate surface area is 139 Å². The molecule has 0 radical (unpaired) electrons. The van der Waals surface area contributed by atoms with Gasteiger partial charge in [-0.2, -0.15) is 0 Å². The number of hydrogen-bond donors (Lipinski definition) is 1. The Morgan fingerprint density at radius 1 is 1.22 bits per heavy atom. The first-order chi connectivity index (χ1) is 11.1. The van der Waals surface area contributed by atoms with Gasteiger partial charge in [0.05, 0.1) is 6.10 Å². The zero-order chi connectivity index (χ0) is 16.2. The van der Waals surface area contributed by atoms with Crippen LogP contribution in [0.3, 0.4) is 0 Å².